The molecule has 0 atom stereocenters. The molecule has 0 spiro atoms. The molecule has 0 aliphatic rings. The Morgan fingerprint density at radius 3 is 2.35 bits per heavy atom. The number of hydrogen-bond acceptors (Lipinski definition) is 2. The summed E-state index contributed by atoms with van der Waals surface area (Å²) in [5.74, 6) is 0. The Morgan fingerprint density at radius 2 is 1.57 bits per heavy atom. The molecule has 0 saturated heterocycles. The van der Waals surface area contributed by atoms with E-state index in [4.69, 9.17) is 4.42 Å². The van der Waals surface area contributed by atoms with E-state index in [2.05, 4.69) is 69.1 Å². The van der Waals surface area contributed by atoms with Crippen molar-refractivity contribution in [1.82, 2.24) is 4.98 Å². The lowest BCUT2D eigenvalue weighted by Crippen LogP contribution is -1.89. The van der Waals surface area contributed by atoms with E-state index in [1.54, 1.807) is 0 Å². The molecule has 23 heavy (non-hydrogen) atoms. The van der Waals surface area contributed by atoms with Crippen molar-refractivity contribution >= 4 is 21.9 Å². The largest absolute Gasteiger partial charge is 0.455 e. The summed E-state index contributed by atoms with van der Waals surface area (Å²) in [6.07, 6.45) is 1.94. The number of benzene rings is 2. The molecule has 2 nitrogen and oxygen atoms in total. The minimum atomic E-state index is 0.923. The Bertz CT molecular complexity index is 1060. The standard InChI is InChI=1S/C21H19NO/c1-12-5-6-20-16(7-12)17-8-13(2)9-18(21(17)23-20)19-10-14(3)15(4)11-22-19/h5-11H,1-4H3. The van der Waals surface area contributed by atoms with Crippen LogP contribution in [0.15, 0.2) is 47.0 Å². The van der Waals surface area contributed by atoms with Crippen LogP contribution in [0.4, 0.5) is 0 Å². The molecule has 2 aromatic heterocycles. The fourth-order valence-electron chi connectivity index (χ4n) is 3.10. The summed E-state index contributed by atoms with van der Waals surface area (Å²) in [4.78, 5) is 4.63. The molecule has 2 heterocycles. The minimum Gasteiger partial charge on any atom is -0.455 e. The van der Waals surface area contributed by atoms with Gasteiger partial charge in [0.2, 0.25) is 0 Å². The highest BCUT2D eigenvalue weighted by atomic mass is 16.3. The Hall–Kier alpha value is -2.61. The smallest absolute Gasteiger partial charge is 0.144 e. The zero-order valence-corrected chi connectivity index (χ0v) is 13.9. The Labute approximate surface area is 135 Å². The first-order valence-corrected chi connectivity index (χ1v) is 7.90. The van der Waals surface area contributed by atoms with Crippen LogP contribution in [0.3, 0.4) is 0 Å². The normalized spacial score (nSPS) is 11.5. The maximum absolute atomic E-state index is 6.18. The van der Waals surface area contributed by atoms with Gasteiger partial charge in [0.1, 0.15) is 11.2 Å². The number of hydrogen-bond donors (Lipinski definition) is 0. The summed E-state index contributed by atoms with van der Waals surface area (Å²) in [7, 11) is 0. The van der Waals surface area contributed by atoms with Crippen LogP contribution < -0.4 is 0 Å². The predicted molar refractivity (Wildman–Crippen MR) is 95.9 cm³/mol. The van der Waals surface area contributed by atoms with Crippen LogP contribution in [0.1, 0.15) is 22.3 Å². The highest BCUT2D eigenvalue weighted by Gasteiger charge is 2.14. The van der Waals surface area contributed by atoms with Crippen molar-refractivity contribution in [3.63, 3.8) is 0 Å². The zero-order valence-electron chi connectivity index (χ0n) is 13.9. The van der Waals surface area contributed by atoms with E-state index in [-0.39, 0.29) is 0 Å². The summed E-state index contributed by atoms with van der Waals surface area (Å²) in [5.41, 5.74) is 8.81. The summed E-state index contributed by atoms with van der Waals surface area (Å²) in [6, 6.07) is 12.8. The molecule has 0 amide bonds. The second kappa shape index (κ2) is 4.95. The molecule has 114 valence electrons. The number of furan rings is 1. The maximum atomic E-state index is 6.18. The van der Waals surface area contributed by atoms with Crippen LogP contribution in [0, 0.1) is 27.7 Å². The fraction of sp³-hybridized carbons (Fsp3) is 0.190. The highest BCUT2D eigenvalue weighted by Crippen LogP contribution is 2.36. The van der Waals surface area contributed by atoms with Gasteiger partial charge in [0.25, 0.3) is 0 Å². The van der Waals surface area contributed by atoms with Crippen molar-refractivity contribution in [3.05, 3.63) is 64.8 Å². The van der Waals surface area contributed by atoms with Gasteiger partial charge in [0.15, 0.2) is 0 Å². The van der Waals surface area contributed by atoms with E-state index in [0.29, 0.717) is 0 Å². The highest BCUT2D eigenvalue weighted by molar-refractivity contribution is 6.09. The van der Waals surface area contributed by atoms with Gasteiger partial charge in [-0.25, -0.2) is 0 Å². The number of rotatable bonds is 1. The summed E-state index contributed by atoms with van der Waals surface area (Å²) in [5, 5.41) is 2.34. The number of aromatic nitrogens is 1. The lowest BCUT2D eigenvalue weighted by Gasteiger charge is -2.06. The molecule has 4 aromatic rings. The van der Waals surface area contributed by atoms with Crippen molar-refractivity contribution < 1.29 is 4.42 Å². The van der Waals surface area contributed by atoms with Crippen molar-refractivity contribution in [2.45, 2.75) is 27.7 Å². The Balaban J connectivity index is 2.10. The van der Waals surface area contributed by atoms with Gasteiger partial charge in [-0.3, -0.25) is 4.98 Å². The first-order valence-electron chi connectivity index (χ1n) is 7.90. The van der Waals surface area contributed by atoms with Crippen molar-refractivity contribution in [1.29, 1.82) is 0 Å². The van der Waals surface area contributed by atoms with Gasteiger partial charge < -0.3 is 4.42 Å². The van der Waals surface area contributed by atoms with Gasteiger partial charge in [-0.2, -0.15) is 0 Å². The summed E-state index contributed by atoms with van der Waals surface area (Å²) < 4.78 is 6.18. The first kappa shape index (κ1) is 14.0. The topological polar surface area (TPSA) is 26.0 Å². The van der Waals surface area contributed by atoms with Gasteiger partial charge in [-0.05, 0) is 74.7 Å². The van der Waals surface area contributed by atoms with Gasteiger partial charge in [0.05, 0.1) is 5.69 Å². The van der Waals surface area contributed by atoms with Crippen LogP contribution in [0.5, 0.6) is 0 Å². The molecule has 4 rings (SSSR count). The zero-order chi connectivity index (χ0) is 16.1. The number of pyridine rings is 1. The number of fused-ring (bicyclic) bond motifs is 3. The maximum Gasteiger partial charge on any atom is 0.144 e. The van der Waals surface area contributed by atoms with Gasteiger partial charge in [-0.15, -0.1) is 0 Å². The van der Waals surface area contributed by atoms with E-state index in [1.165, 1.54) is 33.0 Å². The Kier molecular flexibility index (Phi) is 3.02. The van der Waals surface area contributed by atoms with E-state index in [0.717, 1.165) is 22.4 Å². The van der Waals surface area contributed by atoms with Gasteiger partial charge in [-0.1, -0.05) is 11.6 Å². The second-order valence-electron chi connectivity index (χ2n) is 6.44. The molecule has 0 aliphatic heterocycles. The predicted octanol–water partition coefficient (Wildman–Crippen LogP) is 5.88. The SMILES string of the molecule is Cc1ccc2oc3c(-c4cc(C)c(C)cn4)cc(C)cc3c2c1. The molecule has 0 radical (unpaired) electrons. The van der Waals surface area contributed by atoms with E-state index in [1.807, 2.05) is 6.20 Å². The fourth-order valence-corrected chi connectivity index (χ4v) is 3.10. The van der Waals surface area contributed by atoms with E-state index < -0.39 is 0 Å². The summed E-state index contributed by atoms with van der Waals surface area (Å²) in [6.45, 7) is 8.44. The third kappa shape index (κ3) is 2.22. The van der Waals surface area contributed by atoms with Crippen molar-refractivity contribution in [3.8, 4) is 11.3 Å². The monoisotopic (exact) mass is 301 g/mol. The average Bonchev–Trinajstić information content (AvgIpc) is 2.87. The molecule has 0 aliphatic carbocycles. The van der Waals surface area contributed by atoms with Crippen LogP contribution in [-0.4, -0.2) is 4.98 Å². The molecule has 0 unspecified atom stereocenters. The molecular weight excluding hydrogens is 282 g/mol. The summed E-state index contributed by atoms with van der Waals surface area (Å²) >= 11 is 0. The van der Waals surface area contributed by atoms with Crippen LogP contribution in [0.25, 0.3) is 33.2 Å². The third-order valence-corrected chi connectivity index (χ3v) is 4.52. The molecule has 2 aromatic carbocycles. The molecule has 0 fully saturated rings. The molecule has 0 N–H and O–H groups in total. The second-order valence-corrected chi connectivity index (χ2v) is 6.44. The average molecular weight is 301 g/mol. The Morgan fingerprint density at radius 1 is 0.783 bits per heavy atom. The van der Waals surface area contributed by atoms with Gasteiger partial charge >= 0.3 is 0 Å². The van der Waals surface area contributed by atoms with Crippen LogP contribution >= 0.6 is 0 Å². The molecule has 2 heteroatoms. The molecular formula is C21H19NO. The van der Waals surface area contributed by atoms with Crippen LogP contribution in [0.2, 0.25) is 0 Å². The lowest BCUT2D eigenvalue weighted by molar-refractivity contribution is 0.669. The van der Waals surface area contributed by atoms with Crippen molar-refractivity contribution in [2.75, 3.05) is 0 Å². The number of nitrogens with zero attached hydrogens (tertiary/aromatic N) is 1. The lowest BCUT2D eigenvalue weighted by atomic mass is 10.0. The number of aryl methyl sites for hydroxylation is 4. The van der Waals surface area contributed by atoms with Crippen LogP contribution in [-0.2, 0) is 0 Å². The molecule has 0 saturated carbocycles. The first-order chi connectivity index (χ1) is 11.0. The van der Waals surface area contributed by atoms with E-state index in [9.17, 15) is 0 Å². The van der Waals surface area contributed by atoms with E-state index >= 15 is 0 Å². The molecule has 0 bridgehead atoms. The van der Waals surface area contributed by atoms with Crippen molar-refractivity contribution in [2.24, 2.45) is 0 Å². The third-order valence-electron chi connectivity index (χ3n) is 4.52. The van der Waals surface area contributed by atoms with Gasteiger partial charge in [0, 0.05) is 22.5 Å². The quantitative estimate of drug-likeness (QED) is 0.438. The minimum absolute atomic E-state index is 0.923.